The van der Waals surface area contributed by atoms with E-state index < -0.39 is 9.84 Å². The van der Waals surface area contributed by atoms with Gasteiger partial charge in [-0.15, -0.1) is 0 Å². The molecule has 0 unspecified atom stereocenters. The average Bonchev–Trinajstić information content (AvgIpc) is 2.74. The monoisotopic (exact) mass is 296 g/mol. The van der Waals surface area contributed by atoms with Crippen molar-refractivity contribution >= 4 is 27.3 Å². The molecule has 0 aliphatic carbocycles. The molecule has 0 bridgehead atoms. The number of carbonyl (C=O) groups excluding carboxylic acids is 2. The molecule has 7 heteroatoms. The number of rotatable bonds is 4. The van der Waals surface area contributed by atoms with Crippen LogP contribution in [0.2, 0.25) is 0 Å². The fourth-order valence-electron chi connectivity index (χ4n) is 2.05. The number of likely N-dealkylation sites (tertiary alicyclic amines) is 1. The first-order chi connectivity index (χ1) is 9.36. The Morgan fingerprint density at radius 1 is 1.40 bits per heavy atom. The number of anilines is 1. The predicted molar refractivity (Wildman–Crippen MR) is 74.0 cm³/mol. The van der Waals surface area contributed by atoms with E-state index in [1.54, 1.807) is 12.1 Å². The number of hydrogen-bond donors (Lipinski definition) is 1. The highest BCUT2D eigenvalue weighted by Gasteiger charge is 2.22. The molecule has 1 aromatic carbocycles. The maximum atomic E-state index is 11.8. The Labute approximate surface area is 117 Å². The summed E-state index contributed by atoms with van der Waals surface area (Å²) in [7, 11) is -3.31. The summed E-state index contributed by atoms with van der Waals surface area (Å²) in [5, 5.41) is 2.60. The first-order valence-corrected chi connectivity index (χ1v) is 8.13. The first-order valence-electron chi connectivity index (χ1n) is 6.24. The fourth-order valence-corrected chi connectivity index (χ4v) is 2.72. The smallest absolute Gasteiger partial charge is 0.243 e. The Morgan fingerprint density at radius 2 is 2.15 bits per heavy atom. The minimum absolute atomic E-state index is 0.00192. The summed E-state index contributed by atoms with van der Waals surface area (Å²) >= 11 is 0. The molecule has 1 fully saturated rings. The van der Waals surface area contributed by atoms with Gasteiger partial charge >= 0.3 is 0 Å². The molecular weight excluding hydrogens is 280 g/mol. The van der Waals surface area contributed by atoms with E-state index >= 15 is 0 Å². The molecular formula is C13H16N2O4S. The molecule has 2 rings (SSSR count). The third-order valence-electron chi connectivity index (χ3n) is 3.05. The maximum Gasteiger partial charge on any atom is 0.243 e. The molecule has 0 radical (unpaired) electrons. The van der Waals surface area contributed by atoms with Crippen molar-refractivity contribution in [1.29, 1.82) is 0 Å². The fraction of sp³-hybridized carbons (Fsp3) is 0.385. The van der Waals surface area contributed by atoms with Crippen molar-refractivity contribution in [2.75, 3.05) is 24.7 Å². The number of carbonyl (C=O) groups is 2. The highest BCUT2D eigenvalue weighted by Crippen LogP contribution is 2.15. The van der Waals surface area contributed by atoms with Gasteiger partial charge in [0, 0.05) is 24.9 Å². The molecule has 0 saturated carbocycles. The van der Waals surface area contributed by atoms with Crippen molar-refractivity contribution in [3.63, 3.8) is 0 Å². The number of benzene rings is 1. The van der Waals surface area contributed by atoms with E-state index in [2.05, 4.69) is 5.32 Å². The Balaban J connectivity index is 2.03. The summed E-state index contributed by atoms with van der Waals surface area (Å²) in [5.41, 5.74) is 0.407. The third-order valence-corrected chi connectivity index (χ3v) is 4.16. The number of hydrogen-bond acceptors (Lipinski definition) is 4. The van der Waals surface area contributed by atoms with Crippen LogP contribution in [0.4, 0.5) is 5.69 Å². The molecule has 0 aromatic heterocycles. The second-order valence-electron chi connectivity index (χ2n) is 4.77. The average molecular weight is 296 g/mol. The molecule has 0 spiro atoms. The summed E-state index contributed by atoms with van der Waals surface area (Å²) in [4.78, 5) is 24.9. The summed E-state index contributed by atoms with van der Waals surface area (Å²) < 4.78 is 22.9. The van der Waals surface area contributed by atoms with Crippen LogP contribution in [-0.4, -0.2) is 44.5 Å². The summed E-state index contributed by atoms with van der Waals surface area (Å²) in [6.07, 6.45) is 2.36. The topological polar surface area (TPSA) is 83.6 Å². The predicted octanol–water partition coefficient (Wildman–Crippen LogP) is 0.651. The zero-order valence-electron chi connectivity index (χ0n) is 11.1. The van der Waals surface area contributed by atoms with Crippen LogP contribution in [0.5, 0.6) is 0 Å². The van der Waals surface area contributed by atoms with Crippen LogP contribution >= 0.6 is 0 Å². The molecule has 1 aliphatic rings. The summed E-state index contributed by atoms with van der Waals surface area (Å²) in [6.45, 7) is 0.595. The molecule has 1 aliphatic heterocycles. The van der Waals surface area contributed by atoms with E-state index in [1.165, 1.54) is 17.0 Å². The zero-order valence-corrected chi connectivity index (χ0v) is 11.9. The SMILES string of the molecule is CS(=O)(=O)c1cccc(NC(=O)CN2CCCC2=O)c1. The van der Waals surface area contributed by atoms with Gasteiger partial charge in [0.15, 0.2) is 9.84 Å². The Morgan fingerprint density at radius 3 is 2.75 bits per heavy atom. The lowest BCUT2D eigenvalue weighted by Gasteiger charge is -2.15. The van der Waals surface area contributed by atoms with Crippen molar-refractivity contribution in [1.82, 2.24) is 4.90 Å². The number of sulfone groups is 1. The van der Waals surface area contributed by atoms with Gasteiger partial charge in [-0.25, -0.2) is 8.42 Å². The van der Waals surface area contributed by atoms with Crippen molar-refractivity contribution in [2.45, 2.75) is 17.7 Å². The lowest BCUT2D eigenvalue weighted by atomic mass is 10.3. The highest BCUT2D eigenvalue weighted by atomic mass is 32.2. The van der Waals surface area contributed by atoms with Gasteiger partial charge < -0.3 is 10.2 Å². The first kappa shape index (κ1) is 14.5. The van der Waals surface area contributed by atoms with Crippen LogP contribution in [0.15, 0.2) is 29.2 Å². The Hall–Kier alpha value is -1.89. The summed E-state index contributed by atoms with van der Waals surface area (Å²) in [6, 6.07) is 6.04. The van der Waals surface area contributed by atoms with Gasteiger partial charge in [-0.2, -0.15) is 0 Å². The molecule has 0 atom stereocenters. The number of nitrogens with zero attached hydrogens (tertiary/aromatic N) is 1. The van der Waals surface area contributed by atoms with Crippen LogP contribution in [0.3, 0.4) is 0 Å². The quantitative estimate of drug-likeness (QED) is 0.884. The van der Waals surface area contributed by atoms with Gasteiger partial charge in [-0.3, -0.25) is 9.59 Å². The van der Waals surface area contributed by atoms with E-state index in [-0.39, 0.29) is 23.3 Å². The van der Waals surface area contributed by atoms with Crippen molar-refractivity contribution in [3.8, 4) is 0 Å². The van der Waals surface area contributed by atoms with E-state index in [9.17, 15) is 18.0 Å². The highest BCUT2D eigenvalue weighted by molar-refractivity contribution is 7.90. The zero-order chi connectivity index (χ0) is 14.8. The van der Waals surface area contributed by atoms with Gasteiger partial charge in [0.05, 0.1) is 11.4 Å². The van der Waals surface area contributed by atoms with E-state index in [1.807, 2.05) is 0 Å². The Kier molecular flexibility index (Phi) is 4.08. The largest absolute Gasteiger partial charge is 0.333 e. The van der Waals surface area contributed by atoms with E-state index in [0.717, 1.165) is 12.7 Å². The molecule has 1 N–H and O–H groups in total. The van der Waals surface area contributed by atoms with Gasteiger partial charge in [-0.05, 0) is 24.6 Å². The maximum absolute atomic E-state index is 11.8. The molecule has 108 valence electrons. The standard InChI is InChI=1S/C13H16N2O4S/c1-20(18,19)11-5-2-4-10(8-11)14-12(16)9-15-7-3-6-13(15)17/h2,4-5,8H,3,6-7,9H2,1H3,(H,14,16). The lowest BCUT2D eigenvalue weighted by molar-refractivity contribution is -0.131. The van der Waals surface area contributed by atoms with Gasteiger partial charge in [-0.1, -0.05) is 6.07 Å². The van der Waals surface area contributed by atoms with E-state index in [0.29, 0.717) is 18.7 Å². The second kappa shape index (κ2) is 5.62. The van der Waals surface area contributed by atoms with Crippen molar-refractivity contribution < 1.29 is 18.0 Å². The number of nitrogens with one attached hydrogen (secondary N) is 1. The van der Waals surface area contributed by atoms with Crippen LogP contribution in [0, 0.1) is 0 Å². The van der Waals surface area contributed by atoms with Crippen LogP contribution in [0.25, 0.3) is 0 Å². The minimum atomic E-state index is -3.31. The molecule has 1 saturated heterocycles. The molecule has 20 heavy (non-hydrogen) atoms. The lowest BCUT2D eigenvalue weighted by Crippen LogP contribution is -2.33. The van der Waals surface area contributed by atoms with Gasteiger partial charge in [0.2, 0.25) is 11.8 Å². The summed E-state index contributed by atoms with van der Waals surface area (Å²) in [5.74, 6) is -0.351. The Bertz CT molecular complexity index is 640. The number of amides is 2. The second-order valence-corrected chi connectivity index (χ2v) is 6.78. The van der Waals surface area contributed by atoms with E-state index in [4.69, 9.17) is 0 Å². The molecule has 1 aromatic rings. The minimum Gasteiger partial charge on any atom is -0.333 e. The van der Waals surface area contributed by atoms with Crippen molar-refractivity contribution in [2.24, 2.45) is 0 Å². The van der Waals surface area contributed by atoms with Crippen molar-refractivity contribution in [3.05, 3.63) is 24.3 Å². The van der Waals surface area contributed by atoms with Gasteiger partial charge in [0.25, 0.3) is 0 Å². The van der Waals surface area contributed by atoms with Crippen LogP contribution < -0.4 is 5.32 Å². The molecule has 6 nitrogen and oxygen atoms in total. The van der Waals surface area contributed by atoms with Crippen LogP contribution in [0.1, 0.15) is 12.8 Å². The third kappa shape index (κ3) is 3.57. The van der Waals surface area contributed by atoms with Crippen LogP contribution in [-0.2, 0) is 19.4 Å². The van der Waals surface area contributed by atoms with Gasteiger partial charge in [0.1, 0.15) is 0 Å². The normalized spacial score (nSPS) is 15.4. The molecule has 2 amide bonds. The molecule has 1 heterocycles.